The molecule has 0 saturated carbocycles. The average molecular weight is 290 g/mol. The Labute approximate surface area is 118 Å². The fraction of sp³-hybridized carbons (Fsp3) is 0.154. The molecule has 0 radical (unpaired) electrons. The van der Waals surface area contributed by atoms with Crippen molar-refractivity contribution in [3.63, 3.8) is 0 Å². The molecular weight excluding hydrogens is 280 g/mol. The predicted octanol–water partition coefficient (Wildman–Crippen LogP) is 2.70. The van der Waals surface area contributed by atoms with Gasteiger partial charge in [0.15, 0.2) is 0 Å². The molecule has 0 atom stereocenters. The summed E-state index contributed by atoms with van der Waals surface area (Å²) in [7, 11) is 0. The lowest BCUT2D eigenvalue weighted by Gasteiger charge is -2.28. The van der Waals surface area contributed by atoms with Gasteiger partial charge in [-0.3, -0.25) is 14.9 Å². The summed E-state index contributed by atoms with van der Waals surface area (Å²) in [6.45, 7) is 0.757. The van der Waals surface area contributed by atoms with Crippen LogP contribution in [0.1, 0.15) is 9.67 Å². The molecule has 3 rings (SSSR count). The van der Waals surface area contributed by atoms with Crippen LogP contribution in [0.25, 0.3) is 0 Å². The molecule has 0 fully saturated rings. The third-order valence-corrected chi connectivity index (χ3v) is 3.85. The summed E-state index contributed by atoms with van der Waals surface area (Å²) in [6, 6.07) is 7.81. The molecule has 0 bridgehead atoms. The summed E-state index contributed by atoms with van der Waals surface area (Å²) in [5.74, 6) is 0.330. The van der Waals surface area contributed by atoms with Crippen molar-refractivity contribution in [3.05, 3.63) is 50.7 Å². The Kier molecular flexibility index (Phi) is 3.11. The number of carbonyl (C=O) groups is 1. The molecule has 102 valence electrons. The zero-order valence-electron chi connectivity index (χ0n) is 10.3. The van der Waals surface area contributed by atoms with Gasteiger partial charge in [-0.05, 0) is 17.5 Å². The number of rotatable bonds is 2. The minimum Gasteiger partial charge on any atom is -0.490 e. The van der Waals surface area contributed by atoms with Crippen molar-refractivity contribution in [2.75, 3.05) is 18.1 Å². The number of nitrogens with zero attached hydrogens (tertiary/aromatic N) is 2. The van der Waals surface area contributed by atoms with Crippen molar-refractivity contribution in [2.24, 2.45) is 0 Å². The molecule has 0 unspecified atom stereocenters. The highest BCUT2D eigenvalue weighted by molar-refractivity contribution is 7.12. The number of amides is 1. The van der Waals surface area contributed by atoms with Gasteiger partial charge >= 0.3 is 0 Å². The lowest BCUT2D eigenvalue weighted by molar-refractivity contribution is -0.384. The monoisotopic (exact) mass is 290 g/mol. The van der Waals surface area contributed by atoms with E-state index in [-0.39, 0.29) is 11.6 Å². The van der Waals surface area contributed by atoms with Gasteiger partial charge in [-0.2, -0.15) is 0 Å². The first-order valence-electron chi connectivity index (χ1n) is 5.93. The van der Waals surface area contributed by atoms with E-state index in [2.05, 4.69) is 0 Å². The zero-order valence-corrected chi connectivity index (χ0v) is 11.1. The minimum atomic E-state index is -0.483. The van der Waals surface area contributed by atoms with Crippen LogP contribution in [0.5, 0.6) is 5.75 Å². The molecular formula is C13H10N2O4S. The topological polar surface area (TPSA) is 72.7 Å². The number of fused-ring (bicyclic) bond motifs is 1. The number of benzene rings is 1. The van der Waals surface area contributed by atoms with Crippen LogP contribution < -0.4 is 9.64 Å². The zero-order chi connectivity index (χ0) is 14.1. The van der Waals surface area contributed by atoms with Gasteiger partial charge in [0, 0.05) is 12.1 Å². The molecule has 0 aliphatic carbocycles. The standard InChI is InChI=1S/C13H10N2O4S/c16-13(12-2-1-7-20-12)14-5-6-19-11-4-3-9(15(17)18)8-10(11)14/h1-4,7-8H,5-6H2. The van der Waals surface area contributed by atoms with E-state index in [1.807, 2.05) is 5.38 Å². The van der Waals surface area contributed by atoms with Gasteiger partial charge < -0.3 is 9.64 Å². The molecule has 1 amide bonds. The van der Waals surface area contributed by atoms with E-state index < -0.39 is 4.92 Å². The highest BCUT2D eigenvalue weighted by atomic mass is 32.1. The molecule has 7 heteroatoms. The quantitative estimate of drug-likeness (QED) is 0.629. The van der Waals surface area contributed by atoms with Crippen molar-refractivity contribution in [3.8, 4) is 5.75 Å². The Bertz CT molecular complexity index is 669. The van der Waals surface area contributed by atoms with Gasteiger partial charge in [0.25, 0.3) is 11.6 Å². The summed E-state index contributed by atoms with van der Waals surface area (Å²) < 4.78 is 5.44. The fourth-order valence-electron chi connectivity index (χ4n) is 2.06. The molecule has 20 heavy (non-hydrogen) atoms. The van der Waals surface area contributed by atoms with Crippen molar-refractivity contribution in [1.29, 1.82) is 0 Å². The predicted molar refractivity (Wildman–Crippen MR) is 74.6 cm³/mol. The molecule has 0 saturated heterocycles. The Morgan fingerprint density at radius 3 is 2.95 bits per heavy atom. The van der Waals surface area contributed by atoms with Gasteiger partial charge in [0.2, 0.25) is 0 Å². The highest BCUT2D eigenvalue weighted by Gasteiger charge is 2.27. The highest BCUT2D eigenvalue weighted by Crippen LogP contribution is 2.35. The number of thiophene rings is 1. The molecule has 1 aromatic carbocycles. The van der Waals surface area contributed by atoms with Crippen molar-refractivity contribution >= 4 is 28.6 Å². The van der Waals surface area contributed by atoms with Gasteiger partial charge in [0.1, 0.15) is 12.4 Å². The van der Waals surface area contributed by atoms with E-state index >= 15 is 0 Å². The third-order valence-electron chi connectivity index (χ3n) is 2.99. The van der Waals surface area contributed by atoms with Crippen LogP contribution >= 0.6 is 11.3 Å². The maximum atomic E-state index is 12.4. The SMILES string of the molecule is O=C(c1cccs1)N1CCOc2ccc([N+](=O)[O-])cc21. The summed E-state index contributed by atoms with van der Waals surface area (Å²) in [5.41, 5.74) is 0.391. The lowest BCUT2D eigenvalue weighted by Crippen LogP contribution is -2.37. The second kappa shape index (κ2) is 4.93. The van der Waals surface area contributed by atoms with E-state index in [4.69, 9.17) is 4.74 Å². The number of hydrogen-bond acceptors (Lipinski definition) is 5. The number of nitro benzene ring substituents is 1. The van der Waals surface area contributed by atoms with Crippen LogP contribution in [-0.4, -0.2) is 24.0 Å². The first kappa shape index (κ1) is 12.6. The summed E-state index contributed by atoms with van der Waals surface area (Å²) in [5, 5.41) is 12.7. The number of ether oxygens (including phenoxy) is 1. The van der Waals surface area contributed by atoms with E-state index in [0.29, 0.717) is 29.5 Å². The maximum absolute atomic E-state index is 12.4. The molecule has 6 nitrogen and oxygen atoms in total. The number of hydrogen-bond donors (Lipinski definition) is 0. The second-order valence-electron chi connectivity index (χ2n) is 4.19. The van der Waals surface area contributed by atoms with Crippen LogP contribution in [-0.2, 0) is 0 Å². The van der Waals surface area contributed by atoms with Crippen LogP contribution in [0, 0.1) is 10.1 Å². The lowest BCUT2D eigenvalue weighted by atomic mass is 10.2. The van der Waals surface area contributed by atoms with E-state index in [0.717, 1.165) is 0 Å². The van der Waals surface area contributed by atoms with Gasteiger partial charge in [-0.25, -0.2) is 0 Å². The van der Waals surface area contributed by atoms with Gasteiger partial charge in [0.05, 0.1) is 22.0 Å². The number of anilines is 1. The summed E-state index contributed by atoms with van der Waals surface area (Å²) >= 11 is 1.34. The van der Waals surface area contributed by atoms with Gasteiger partial charge in [-0.1, -0.05) is 6.07 Å². The van der Waals surface area contributed by atoms with Crippen molar-refractivity contribution in [1.82, 2.24) is 0 Å². The Morgan fingerprint density at radius 1 is 1.40 bits per heavy atom. The molecule has 2 heterocycles. The third kappa shape index (κ3) is 2.12. The maximum Gasteiger partial charge on any atom is 0.271 e. The van der Waals surface area contributed by atoms with E-state index in [9.17, 15) is 14.9 Å². The van der Waals surface area contributed by atoms with Crippen molar-refractivity contribution < 1.29 is 14.5 Å². The molecule has 0 spiro atoms. The van der Waals surface area contributed by atoms with Crippen LogP contribution in [0.2, 0.25) is 0 Å². The van der Waals surface area contributed by atoms with Gasteiger partial charge in [-0.15, -0.1) is 11.3 Å². The molecule has 2 aromatic rings. The fourth-order valence-corrected chi connectivity index (χ4v) is 2.74. The summed E-state index contributed by atoms with van der Waals surface area (Å²) in [6.07, 6.45) is 0. The normalized spacial score (nSPS) is 13.5. The van der Waals surface area contributed by atoms with Crippen LogP contribution in [0.15, 0.2) is 35.7 Å². The second-order valence-corrected chi connectivity index (χ2v) is 5.14. The largest absolute Gasteiger partial charge is 0.490 e. The van der Waals surface area contributed by atoms with Crippen LogP contribution in [0.4, 0.5) is 11.4 Å². The number of non-ortho nitro benzene ring substituents is 1. The number of carbonyl (C=O) groups excluding carboxylic acids is 1. The molecule has 0 N–H and O–H groups in total. The Balaban J connectivity index is 2.02. The van der Waals surface area contributed by atoms with Crippen molar-refractivity contribution in [2.45, 2.75) is 0 Å². The summed E-state index contributed by atoms with van der Waals surface area (Å²) in [4.78, 5) is 24.9. The molecule has 1 aliphatic heterocycles. The minimum absolute atomic E-state index is 0.0572. The first-order chi connectivity index (χ1) is 9.66. The van der Waals surface area contributed by atoms with Crippen LogP contribution in [0.3, 0.4) is 0 Å². The first-order valence-corrected chi connectivity index (χ1v) is 6.81. The smallest absolute Gasteiger partial charge is 0.271 e. The Morgan fingerprint density at radius 2 is 2.25 bits per heavy atom. The molecule has 1 aromatic heterocycles. The molecule has 1 aliphatic rings. The van der Waals surface area contributed by atoms with E-state index in [1.165, 1.54) is 34.4 Å². The van der Waals surface area contributed by atoms with E-state index in [1.54, 1.807) is 12.1 Å². The Hall–Kier alpha value is -2.41. The average Bonchev–Trinajstić information content (AvgIpc) is 2.99. The number of nitro groups is 1.